The molecule has 0 atom stereocenters. The first-order valence-corrected chi connectivity index (χ1v) is 10.0. The van der Waals surface area contributed by atoms with E-state index >= 15 is 0 Å². The highest BCUT2D eigenvalue weighted by Crippen LogP contribution is 2.23. The Kier molecular flexibility index (Phi) is 4.94. The van der Waals surface area contributed by atoms with Crippen LogP contribution in [0.4, 0.5) is 5.69 Å². The fourth-order valence-corrected chi connectivity index (χ4v) is 4.27. The molecule has 0 N–H and O–H groups in total. The summed E-state index contributed by atoms with van der Waals surface area (Å²) in [6.45, 7) is 2.81. The average molecular weight is 383 g/mol. The maximum absolute atomic E-state index is 12.9. The van der Waals surface area contributed by atoms with Gasteiger partial charge in [-0.3, -0.25) is 14.4 Å². The Bertz CT molecular complexity index is 857. The third kappa shape index (κ3) is 3.60. The molecule has 2 saturated heterocycles. The SMILES string of the molecule is O=C(c1cccc(N2CCCC2=O)c1)N1CCN(C(=O)c2cccs2)CC1. The van der Waals surface area contributed by atoms with Crippen molar-refractivity contribution >= 4 is 34.7 Å². The van der Waals surface area contributed by atoms with E-state index in [1.165, 1.54) is 11.3 Å². The summed E-state index contributed by atoms with van der Waals surface area (Å²) < 4.78 is 0. The topological polar surface area (TPSA) is 60.9 Å². The van der Waals surface area contributed by atoms with E-state index in [0.29, 0.717) is 44.7 Å². The van der Waals surface area contributed by atoms with Gasteiger partial charge in [-0.25, -0.2) is 0 Å². The molecule has 0 radical (unpaired) electrons. The van der Waals surface area contributed by atoms with Crippen molar-refractivity contribution in [3.63, 3.8) is 0 Å². The van der Waals surface area contributed by atoms with Crippen LogP contribution >= 0.6 is 11.3 Å². The molecule has 1 aromatic carbocycles. The van der Waals surface area contributed by atoms with Crippen molar-refractivity contribution < 1.29 is 14.4 Å². The van der Waals surface area contributed by atoms with Gasteiger partial charge >= 0.3 is 0 Å². The molecule has 0 saturated carbocycles. The molecule has 140 valence electrons. The first-order valence-electron chi connectivity index (χ1n) is 9.16. The molecule has 6 nitrogen and oxygen atoms in total. The molecule has 2 aliphatic heterocycles. The van der Waals surface area contributed by atoms with Crippen molar-refractivity contribution in [1.82, 2.24) is 9.80 Å². The molecular weight excluding hydrogens is 362 g/mol. The number of hydrogen-bond acceptors (Lipinski definition) is 4. The Morgan fingerprint density at radius 1 is 0.889 bits per heavy atom. The number of amides is 3. The van der Waals surface area contributed by atoms with E-state index in [1.807, 2.05) is 29.6 Å². The van der Waals surface area contributed by atoms with Gasteiger partial charge in [0.1, 0.15) is 0 Å². The van der Waals surface area contributed by atoms with Gasteiger partial charge in [-0.2, -0.15) is 0 Å². The van der Waals surface area contributed by atoms with E-state index < -0.39 is 0 Å². The third-order valence-electron chi connectivity index (χ3n) is 5.06. The molecule has 3 amide bonds. The molecule has 0 spiro atoms. The highest BCUT2D eigenvalue weighted by atomic mass is 32.1. The minimum Gasteiger partial charge on any atom is -0.335 e. The van der Waals surface area contributed by atoms with Crippen LogP contribution in [0.15, 0.2) is 41.8 Å². The van der Waals surface area contributed by atoms with E-state index in [0.717, 1.165) is 17.0 Å². The van der Waals surface area contributed by atoms with Crippen molar-refractivity contribution in [2.24, 2.45) is 0 Å². The van der Waals surface area contributed by atoms with Gasteiger partial charge in [0.15, 0.2) is 0 Å². The summed E-state index contributed by atoms with van der Waals surface area (Å²) in [5.74, 6) is 0.0960. The van der Waals surface area contributed by atoms with Gasteiger partial charge in [-0.1, -0.05) is 12.1 Å². The molecule has 1 aromatic heterocycles. The van der Waals surface area contributed by atoms with E-state index in [1.54, 1.807) is 26.8 Å². The number of benzene rings is 1. The molecule has 3 heterocycles. The Morgan fingerprint density at radius 3 is 2.26 bits per heavy atom. The quantitative estimate of drug-likeness (QED) is 0.818. The molecule has 0 aliphatic carbocycles. The summed E-state index contributed by atoms with van der Waals surface area (Å²) in [6.07, 6.45) is 1.43. The summed E-state index contributed by atoms with van der Waals surface area (Å²) in [5, 5.41) is 1.89. The number of rotatable bonds is 3. The number of hydrogen-bond donors (Lipinski definition) is 0. The minimum absolute atomic E-state index is 0.0339. The van der Waals surface area contributed by atoms with Crippen molar-refractivity contribution in [2.45, 2.75) is 12.8 Å². The summed E-state index contributed by atoms with van der Waals surface area (Å²) in [4.78, 5) is 43.3. The van der Waals surface area contributed by atoms with Gasteiger partial charge in [0.05, 0.1) is 4.88 Å². The second-order valence-electron chi connectivity index (χ2n) is 6.76. The molecule has 2 aromatic rings. The monoisotopic (exact) mass is 383 g/mol. The van der Waals surface area contributed by atoms with Gasteiger partial charge in [0.2, 0.25) is 5.91 Å². The van der Waals surface area contributed by atoms with E-state index in [2.05, 4.69) is 0 Å². The summed E-state index contributed by atoms with van der Waals surface area (Å²) in [5.41, 5.74) is 1.38. The zero-order valence-corrected chi connectivity index (χ0v) is 15.8. The van der Waals surface area contributed by atoms with Crippen LogP contribution in [0.2, 0.25) is 0 Å². The smallest absolute Gasteiger partial charge is 0.264 e. The fraction of sp³-hybridized carbons (Fsp3) is 0.350. The van der Waals surface area contributed by atoms with Gasteiger partial charge < -0.3 is 14.7 Å². The predicted molar refractivity (Wildman–Crippen MR) is 104 cm³/mol. The number of thiophene rings is 1. The second kappa shape index (κ2) is 7.52. The Labute approximate surface area is 162 Å². The van der Waals surface area contributed by atoms with Crippen LogP contribution in [-0.2, 0) is 4.79 Å². The summed E-state index contributed by atoms with van der Waals surface area (Å²) >= 11 is 1.44. The lowest BCUT2D eigenvalue weighted by Gasteiger charge is -2.34. The van der Waals surface area contributed by atoms with Gasteiger partial charge in [0.25, 0.3) is 11.8 Å². The average Bonchev–Trinajstić information content (AvgIpc) is 3.39. The van der Waals surface area contributed by atoms with Gasteiger partial charge in [0, 0.05) is 50.4 Å². The number of carbonyl (C=O) groups is 3. The van der Waals surface area contributed by atoms with Crippen molar-refractivity contribution in [1.29, 1.82) is 0 Å². The molecule has 4 rings (SSSR count). The number of anilines is 1. The molecular formula is C20H21N3O3S. The molecule has 7 heteroatoms. The van der Waals surface area contributed by atoms with Crippen LogP contribution in [0.1, 0.15) is 32.9 Å². The van der Waals surface area contributed by atoms with Crippen molar-refractivity contribution in [3.8, 4) is 0 Å². The van der Waals surface area contributed by atoms with Crippen LogP contribution in [0, 0.1) is 0 Å². The lowest BCUT2D eigenvalue weighted by molar-refractivity contribution is -0.117. The highest BCUT2D eigenvalue weighted by molar-refractivity contribution is 7.12. The zero-order chi connectivity index (χ0) is 18.8. The zero-order valence-electron chi connectivity index (χ0n) is 15.0. The Hall–Kier alpha value is -2.67. The lowest BCUT2D eigenvalue weighted by Crippen LogP contribution is -2.50. The summed E-state index contributed by atoms with van der Waals surface area (Å²) in [6, 6.07) is 11.0. The molecule has 0 bridgehead atoms. The van der Waals surface area contributed by atoms with Crippen molar-refractivity contribution in [2.75, 3.05) is 37.6 Å². The number of piperazine rings is 1. The normalized spacial score (nSPS) is 17.5. The largest absolute Gasteiger partial charge is 0.335 e. The molecule has 27 heavy (non-hydrogen) atoms. The van der Waals surface area contributed by atoms with Gasteiger partial charge in [-0.15, -0.1) is 11.3 Å². The predicted octanol–water partition coefficient (Wildman–Crippen LogP) is 2.47. The third-order valence-corrected chi connectivity index (χ3v) is 5.92. The number of carbonyl (C=O) groups excluding carboxylic acids is 3. The van der Waals surface area contributed by atoms with Crippen molar-refractivity contribution in [3.05, 3.63) is 52.2 Å². The minimum atomic E-state index is -0.0493. The lowest BCUT2D eigenvalue weighted by atomic mass is 10.1. The molecule has 2 aliphatic rings. The van der Waals surface area contributed by atoms with E-state index in [9.17, 15) is 14.4 Å². The fourth-order valence-electron chi connectivity index (χ4n) is 3.58. The maximum Gasteiger partial charge on any atom is 0.264 e. The molecule has 2 fully saturated rings. The van der Waals surface area contributed by atoms with Crippen LogP contribution in [-0.4, -0.2) is 60.2 Å². The summed E-state index contributed by atoms with van der Waals surface area (Å²) in [7, 11) is 0. The highest BCUT2D eigenvalue weighted by Gasteiger charge is 2.27. The van der Waals surface area contributed by atoms with E-state index in [-0.39, 0.29) is 17.7 Å². The maximum atomic E-state index is 12.9. The second-order valence-corrected chi connectivity index (χ2v) is 7.71. The van der Waals surface area contributed by atoms with Crippen LogP contribution in [0.3, 0.4) is 0 Å². The number of nitrogens with zero attached hydrogens (tertiary/aromatic N) is 3. The van der Waals surface area contributed by atoms with Crippen LogP contribution in [0.5, 0.6) is 0 Å². The van der Waals surface area contributed by atoms with E-state index in [4.69, 9.17) is 0 Å². The standard InChI is InChI=1S/C20H21N3O3S/c24-18-7-2-8-23(18)16-5-1-4-15(14-16)19(25)21-9-11-22(12-10-21)20(26)17-6-3-13-27-17/h1,3-6,13-14H,2,7-12H2. The first kappa shape index (κ1) is 17.7. The van der Waals surface area contributed by atoms with Crippen LogP contribution in [0.25, 0.3) is 0 Å². The Morgan fingerprint density at radius 2 is 1.63 bits per heavy atom. The van der Waals surface area contributed by atoms with Crippen LogP contribution < -0.4 is 4.90 Å². The first-order chi connectivity index (χ1) is 13.1. The van der Waals surface area contributed by atoms with Gasteiger partial charge in [-0.05, 0) is 36.1 Å². The molecule has 0 unspecified atom stereocenters. The Balaban J connectivity index is 1.41.